The van der Waals surface area contributed by atoms with Crippen molar-refractivity contribution in [3.63, 3.8) is 0 Å². The molecule has 2 heteroatoms. The van der Waals surface area contributed by atoms with Crippen LogP contribution in [0.15, 0.2) is 24.3 Å². The number of nitrogens with zero attached hydrogens (tertiary/aromatic N) is 1. The molecule has 1 saturated heterocycles. The minimum absolute atomic E-state index is 0.622. The number of thioether (sulfide) groups is 1. The Morgan fingerprint density at radius 1 is 1.29 bits per heavy atom. The first-order valence-corrected chi connectivity index (χ1v) is 7.70. The van der Waals surface area contributed by atoms with Gasteiger partial charge in [0.2, 0.25) is 0 Å². The third-order valence-electron chi connectivity index (χ3n) is 3.30. The maximum absolute atomic E-state index is 2.66. The summed E-state index contributed by atoms with van der Waals surface area (Å²) in [5, 5.41) is 0. The maximum Gasteiger partial charge on any atom is 0.0439 e. The monoisotopic (exact) mass is 249 g/mol. The summed E-state index contributed by atoms with van der Waals surface area (Å²) >= 11 is 2.09. The van der Waals surface area contributed by atoms with Gasteiger partial charge in [0.15, 0.2) is 0 Å². The standard InChI is InChI=1S/C15H23NS/c1-12(2)10-16-8-9-17-11-15(16)14-6-4-13(3)5-7-14/h4-7,12,15H,8-11H2,1-3H3. The van der Waals surface area contributed by atoms with Crippen LogP contribution < -0.4 is 0 Å². The molecular weight excluding hydrogens is 226 g/mol. The van der Waals surface area contributed by atoms with Gasteiger partial charge in [0.1, 0.15) is 0 Å². The van der Waals surface area contributed by atoms with Crippen LogP contribution in [0, 0.1) is 12.8 Å². The molecule has 0 radical (unpaired) electrons. The number of hydrogen-bond donors (Lipinski definition) is 0. The average Bonchev–Trinajstić information content (AvgIpc) is 2.30. The second-order valence-corrected chi connectivity index (χ2v) is 6.54. The third-order valence-corrected chi connectivity index (χ3v) is 4.32. The Hall–Kier alpha value is -0.470. The van der Waals surface area contributed by atoms with E-state index in [0.717, 1.165) is 5.92 Å². The van der Waals surface area contributed by atoms with Gasteiger partial charge in [0.05, 0.1) is 0 Å². The smallest absolute Gasteiger partial charge is 0.0439 e. The molecule has 1 heterocycles. The molecule has 0 aliphatic carbocycles. The van der Waals surface area contributed by atoms with Gasteiger partial charge in [-0.2, -0.15) is 11.8 Å². The Morgan fingerprint density at radius 2 is 2.00 bits per heavy atom. The molecule has 1 fully saturated rings. The molecule has 1 aromatic carbocycles. The molecule has 1 nitrogen and oxygen atoms in total. The molecule has 0 N–H and O–H groups in total. The predicted octanol–water partition coefficient (Wildman–Crippen LogP) is 3.74. The van der Waals surface area contributed by atoms with Gasteiger partial charge in [-0.1, -0.05) is 43.7 Å². The van der Waals surface area contributed by atoms with E-state index in [1.54, 1.807) is 0 Å². The SMILES string of the molecule is Cc1ccc(C2CSCCN2CC(C)C)cc1. The lowest BCUT2D eigenvalue weighted by molar-refractivity contribution is 0.197. The van der Waals surface area contributed by atoms with Gasteiger partial charge in [-0.25, -0.2) is 0 Å². The van der Waals surface area contributed by atoms with Crippen molar-refractivity contribution < 1.29 is 0 Å². The molecule has 1 atom stereocenters. The van der Waals surface area contributed by atoms with Crippen molar-refractivity contribution in [2.24, 2.45) is 5.92 Å². The summed E-state index contributed by atoms with van der Waals surface area (Å²) in [5.41, 5.74) is 2.84. The first kappa shape index (κ1) is 13.0. The summed E-state index contributed by atoms with van der Waals surface area (Å²) in [4.78, 5) is 2.66. The van der Waals surface area contributed by atoms with Crippen molar-refractivity contribution in [2.45, 2.75) is 26.8 Å². The van der Waals surface area contributed by atoms with E-state index >= 15 is 0 Å². The van der Waals surface area contributed by atoms with Crippen LogP contribution in [0.5, 0.6) is 0 Å². The lowest BCUT2D eigenvalue weighted by Crippen LogP contribution is -2.38. The van der Waals surface area contributed by atoms with Crippen LogP contribution in [0.1, 0.15) is 31.0 Å². The van der Waals surface area contributed by atoms with E-state index in [-0.39, 0.29) is 0 Å². The fourth-order valence-corrected chi connectivity index (χ4v) is 3.58. The molecular formula is C15H23NS. The molecule has 17 heavy (non-hydrogen) atoms. The highest BCUT2D eigenvalue weighted by Gasteiger charge is 2.24. The summed E-state index contributed by atoms with van der Waals surface area (Å²) in [6, 6.07) is 9.71. The normalized spacial score (nSPS) is 22.0. The van der Waals surface area contributed by atoms with Crippen LogP contribution in [0.4, 0.5) is 0 Å². The van der Waals surface area contributed by atoms with Gasteiger partial charge in [-0.3, -0.25) is 4.90 Å². The zero-order valence-electron chi connectivity index (χ0n) is 11.1. The summed E-state index contributed by atoms with van der Waals surface area (Å²) in [5.74, 6) is 3.29. The maximum atomic E-state index is 2.66. The van der Waals surface area contributed by atoms with E-state index in [1.807, 2.05) is 0 Å². The summed E-state index contributed by atoms with van der Waals surface area (Å²) in [7, 11) is 0. The summed E-state index contributed by atoms with van der Waals surface area (Å²) < 4.78 is 0. The average molecular weight is 249 g/mol. The Balaban J connectivity index is 2.12. The fraction of sp³-hybridized carbons (Fsp3) is 0.600. The lowest BCUT2D eigenvalue weighted by atomic mass is 10.0. The molecule has 0 bridgehead atoms. The van der Waals surface area contributed by atoms with Crippen molar-refractivity contribution in [1.82, 2.24) is 4.90 Å². The molecule has 1 aliphatic rings. The second-order valence-electron chi connectivity index (χ2n) is 5.39. The summed E-state index contributed by atoms with van der Waals surface area (Å²) in [6.07, 6.45) is 0. The Kier molecular flexibility index (Phi) is 4.52. The predicted molar refractivity (Wildman–Crippen MR) is 77.7 cm³/mol. The van der Waals surface area contributed by atoms with E-state index in [1.165, 1.54) is 35.7 Å². The molecule has 94 valence electrons. The second kappa shape index (κ2) is 5.92. The Morgan fingerprint density at radius 3 is 2.65 bits per heavy atom. The number of rotatable bonds is 3. The van der Waals surface area contributed by atoms with Crippen LogP contribution >= 0.6 is 11.8 Å². The molecule has 0 amide bonds. The molecule has 1 aliphatic heterocycles. The van der Waals surface area contributed by atoms with Crippen LogP contribution in [-0.2, 0) is 0 Å². The first-order valence-electron chi connectivity index (χ1n) is 6.55. The quantitative estimate of drug-likeness (QED) is 0.803. The molecule has 0 spiro atoms. The van der Waals surface area contributed by atoms with Crippen LogP contribution in [0.25, 0.3) is 0 Å². The van der Waals surface area contributed by atoms with Gasteiger partial charge in [-0.15, -0.1) is 0 Å². The largest absolute Gasteiger partial charge is 0.294 e. The van der Waals surface area contributed by atoms with Crippen LogP contribution in [-0.4, -0.2) is 29.5 Å². The number of benzene rings is 1. The lowest BCUT2D eigenvalue weighted by Gasteiger charge is -2.36. The van der Waals surface area contributed by atoms with Gasteiger partial charge in [0, 0.05) is 30.6 Å². The van der Waals surface area contributed by atoms with Crippen LogP contribution in [0.2, 0.25) is 0 Å². The van der Waals surface area contributed by atoms with Gasteiger partial charge < -0.3 is 0 Å². The van der Waals surface area contributed by atoms with Crippen molar-refractivity contribution >= 4 is 11.8 Å². The van der Waals surface area contributed by atoms with Crippen LogP contribution in [0.3, 0.4) is 0 Å². The highest BCUT2D eigenvalue weighted by molar-refractivity contribution is 7.99. The molecule has 0 saturated carbocycles. The first-order chi connectivity index (χ1) is 8.16. The number of aryl methyl sites for hydroxylation is 1. The zero-order valence-corrected chi connectivity index (χ0v) is 12.0. The minimum atomic E-state index is 0.622. The van der Waals surface area contributed by atoms with E-state index in [4.69, 9.17) is 0 Å². The Labute approximate surface area is 110 Å². The topological polar surface area (TPSA) is 3.24 Å². The van der Waals surface area contributed by atoms with Gasteiger partial charge in [0.25, 0.3) is 0 Å². The van der Waals surface area contributed by atoms with Crippen molar-refractivity contribution in [1.29, 1.82) is 0 Å². The molecule has 1 aromatic rings. The van der Waals surface area contributed by atoms with Crippen molar-refractivity contribution in [3.8, 4) is 0 Å². The van der Waals surface area contributed by atoms with E-state index < -0.39 is 0 Å². The molecule has 1 unspecified atom stereocenters. The van der Waals surface area contributed by atoms with E-state index in [0.29, 0.717) is 6.04 Å². The highest BCUT2D eigenvalue weighted by Crippen LogP contribution is 2.30. The Bertz CT molecular complexity index is 344. The van der Waals surface area contributed by atoms with E-state index in [2.05, 4.69) is 61.7 Å². The highest BCUT2D eigenvalue weighted by atomic mass is 32.2. The van der Waals surface area contributed by atoms with Gasteiger partial charge >= 0.3 is 0 Å². The number of hydrogen-bond acceptors (Lipinski definition) is 2. The van der Waals surface area contributed by atoms with Crippen molar-refractivity contribution in [3.05, 3.63) is 35.4 Å². The zero-order chi connectivity index (χ0) is 12.3. The molecule has 2 rings (SSSR count). The van der Waals surface area contributed by atoms with E-state index in [9.17, 15) is 0 Å². The fourth-order valence-electron chi connectivity index (χ4n) is 2.42. The molecule has 0 aromatic heterocycles. The minimum Gasteiger partial charge on any atom is -0.294 e. The summed E-state index contributed by atoms with van der Waals surface area (Å²) in [6.45, 7) is 9.24. The van der Waals surface area contributed by atoms with Crippen molar-refractivity contribution in [2.75, 3.05) is 24.6 Å². The van der Waals surface area contributed by atoms with Gasteiger partial charge in [-0.05, 0) is 18.4 Å². The third kappa shape index (κ3) is 3.49.